The van der Waals surface area contributed by atoms with E-state index in [1.165, 1.54) is 18.2 Å². The van der Waals surface area contributed by atoms with Gasteiger partial charge in [-0.3, -0.25) is 9.59 Å². The lowest BCUT2D eigenvalue weighted by Gasteiger charge is -2.17. The molecule has 0 aromatic heterocycles. The van der Waals surface area contributed by atoms with Gasteiger partial charge in [0.25, 0.3) is 5.91 Å². The molecule has 1 aliphatic rings. The smallest absolute Gasteiger partial charge is 0.254 e. The number of rotatable bonds is 4. The number of carbonyl (C=O) groups is 2. The molecular formula is C18H16ClFN2O2. The third kappa shape index (κ3) is 3.57. The molecule has 2 aromatic carbocycles. The van der Waals surface area contributed by atoms with Gasteiger partial charge in [-0.15, -0.1) is 0 Å². The second kappa shape index (κ2) is 7.01. The molecule has 0 aliphatic carbocycles. The zero-order valence-electron chi connectivity index (χ0n) is 12.8. The number of anilines is 1. The molecule has 1 aliphatic heterocycles. The third-order valence-electron chi connectivity index (χ3n) is 4.01. The molecule has 3 rings (SSSR count). The minimum absolute atomic E-state index is 0.00228. The topological polar surface area (TPSA) is 49.4 Å². The lowest BCUT2D eigenvalue weighted by molar-refractivity contribution is -0.117. The van der Waals surface area contributed by atoms with E-state index in [2.05, 4.69) is 5.32 Å². The van der Waals surface area contributed by atoms with E-state index < -0.39 is 11.7 Å². The van der Waals surface area contributed by atoms with Gasteiger partial charge in [-0.2, -0.15) is 0 Å². The van der Waals surface area contributed by atoms with Crippen molar-refractivity contribution in [2.45, 2.75) is 6.42 Å². The van der Waals surface area contributed by atoms with Gasteiger partial charge >= 0.3 is 0 Å². The molecule has 1 atom stereocenters. The fourth-order valence-corrected chi connectivity index (χ4v) is 2.89. The van der Waals surface area contributed by atoms with E-state index in [4.69, 9.17) is 11.6 Å². The van der Waals surface area contributed by atoms with Crippen LogP contribution >= 0.6 is 11.6 Å². The van der Waals surface area contributed by atoms with E-state index in [1.54, 1.807) is 35.2 Å². The molecule has 0 saturated carbocycles. The lowest BCUT2D eigenvalue weighted by atomic mass is 10.1. The van der Waals surface area contributed by atoms with Gasteiger partial charge in [0, 0.05) is 36.1 Å². The maximum Gasteiger partial charge on any atom is 0.254 e. The number of hydrogen-bond acceptors (Lipinski definition) is 2. The number of amides is 2. The Morgan fingerprint density at radius 3 is 2.62 bits per heavy atom. The summed E-state index contributed by atoms with van der Waals surface area (Å²) in [4.78, 5) is 25.9. The zero-order chi connectivity index (χ0) is 17.1. The maximum atomic E-state index is 13.6. The summed E-state index contributed by atoms with van der Waals surface area (Å²) >= 11 is 5.86. The average molecular weight is 347 g/mol. The molecule has 1 heterocycles. The van der Waals surface area contributed by atoms with Crippen LogP contribution in [0.2, 0.25) is 5.02 Å². The Balaban J connectivity index is 1.59. The molecule has 0 radical (unpaired) electrons. The number of benzene rings is 2. The summed E-state index contributed by atoms with van der Waals surface area (Å²) in [7, 11) is 0. The summed E-state index contributed by atoms with van der Waals surface area (Å²) in [5.41, 5.74) is 0.795. The van der Waals surface area contributed by atoms with Gasteiger partial charge in [-0.1, -0.05) is 23.7 Å². The lowest BCUT2D eigenvalue weighted by Crippen LogP contribution is -2.31. The van der Waals surface area contributed by atoms with Crippen molar-refractivity contribution in [3.05, 3.63) is 64.9 Å². The molecule has 24 heavy (non-hydrogen) atoms. The van der Waals surface area contributed by atoms with Crippen molar-refractivity contribution >= 4 is 29.1 Å². The Morgan fingerprint density at radius 2 is 1.92 bits per heavy atom. The van der Waals surface area contributed by atoms with E-state index in [0.29, 0.717) is 24.5 Å². The van der Waals surface area contributed by atoms with Crippen molar-refractivity contribution in [1.82, 2.24) is 5.32 Å². The van der Waals surface area contributed by atoms with Gasteiger partial charge in [-0.25, -0.2) is 4.39 Å². The fraction of sp³-hybridized carbons (Fsp3) is 0.222. The van der Waals surface area contributed by atoms with Crippen LogP contribution in [-0.4, -0.2) is 24.9 Å². The van der Waals surface area contributed by atoms with E-state index in [0.717, 1.165) is 5.69 Å². The molecule has 0 bridgehead atoms. The van der Waals surface area contributed by atoms with Crippen LogP contribution in [-0.2, 0) is 4.79 Å². The Labute approximate surface area is 144 Å². The first-order valence-electron chi connectivity index (χ1n) is 7.63. The average Bonchev–Trinajstić information content (AvgIpc) is 2.95. The van der Waals surface area contributed by atoms with Crippen LogP contribution in [0.25, 0.3) is 0 Å². The van der Waals surface area contributed by atoms with Crippen molar-refractivity contribution in [3.63, 3.8) is 0 Å². The highest BCUT2D eigenvalue weighted by atomic mass is 35.5. The summed E-state index contributed by atoms with van der Waals surface area (Å²) in [5, 5.41) is 3.31. The highest BCUT2D eigenvalue weighted by Gasteiger charge is 2.30. The first kappa shape index (κ1) is 16.5. The van der Waals surface area contributed by atoms with Crippen LogP contribution in [0.5, 0.6) is 0 Å². The second-order valence-corrected chi connectivity index (χ2v) is 6.18. The quantitative estimate of drug-likeness (QED) is 0.923. The van der Waals surface area contributed by atoms with Crippen molar-refractivity contribution in [2.24, 2.45) is 5.92 Å². The minimum atomic E-state index is -0.555. The number of hydrogen-bond donors (Lipinski definition) is 1. The van der Waals surface area contributed by atoms with Crippen LogP contribution < -0.4 is 10.2 Å². The summed E-state index contributed by atoms with van der Waals surface area (Å²) < 4.78 is 13.6. The van der Waals surface area contributed by atoms with Crippen molar-refractivity contribution in [3.8, 4) is 0 Å². The molecule has 2 aromatic rings. The maximum absolute atomic E-state index is 13.6. The number of halogens is 2. The zero-order valence-corrected chi connectivity index (χ0v) is 13.6. The normalized spacial score (nSPS) is 17.2. The van der Waals surface area contributed by atoms with Crippen LogP contribution in [0.3, 0.4) is 0 Å². The SMILES string of the molecule is O=C(NC[C@@H]1CC(=O)N(c2ccc(Cl)cc2)C1)c1ccccc1F. The van der Waals surface area contributed by atoms with Crippen LogP contribution in [0.15, 0.2) is 48.5 Å². The predicted octanol–water partition coefficient (Wildman–Crippen LogP) is 3.26. The number of carbonyl (C=O) groups excluding carboxylic acids is 2. The van der Waals surface area contributed by atoms with Crippen molar-refractivity contribution in [2.75, 3.05) is 18.0 Å². The van der Waals surface area contributed by atoms with Gasteiger partial charge < -0.3 is 10.2 Å². The molecule has 2 amide bonds. The number of nitrogens with zero attached hydrogens (tertiary/aromatic N) is 1. The molecular weight excluding hydrogens is 331 g/mol. The van der Waals surface area contributed by atoms with Crippen molar-refractivity contribution < 1.29 is 14.0 Å². The largest absolute Gasteiger partial charge is 0.352 e. The van der Waals surface area contributed by atoms with Crippen LogP contribution in [0, 0.1) is 11.7 Å². The standard InChI is InChI=1S/C18H16ClFN2O2/c19-13-5-7-14(8-6-13)22-11-12(9-17(22)23)10-21-18(24)15-3-1-2-4-16(15)20/h1-8,12H,9-11H2,(H,21,24)/t12-/m0/s1. The minimum Gasteiger partial charge on any atom is -0.352 e. The molecule has 6 heteroatoms. The van der Waals surface area contributed by atoms with Gasteiger partial charge in [0.2, 0.25) is 5.91 Å². The fourth-order valence-electron chi connectivity index (χ4n) is 2.77. The van der Waals surface area contributed by atoms with E-state index in [9.17, 15) is 14.0 Å². The highest BCUT2D eigenvalue weighted by molar-refractivity contribution is 6.30. The van der Waals surface area contributed by atoms with Gasteiger partial charge in [0.05, 0.1) is 5.56 Å². The van der Waals surface area contributed by atoms with Crippen molar-refractivity contribution in [1.29, 1.82) is 0 Å². The molecule has 0 spiro atoms. The summed E-state index contributed by atoms with van der Waals surface area (Å²) in [6.07, 6.45) is 0.347. The van der Waals surface area contributed by atoms with Gasteiger partial charge in [-0.05, 0) is 36.4 Å². The first-order valence-corrected chi connectivity index (χ1v) is 8.01. The van der Waals surface area contributed by atoms with Gasteiger partial charge in [0.15, 0.2) is 0 Å². The highest BCUT2D eigenvalue weighted by Crippen LogP contribution is 2.26. The Hall–Kier alpha value is -2.40. The molecule has 1 N–H and O–H groups in total. The predicted molar refractivity (Wildman–Crippen MR) is 90.6 cm³/mol. The van der Waals surface area contributed by atoms with Crippen LogP contribution in [0.1, 0.15) is 16.8 Å². The Kier molecular flexibility index (Phi) is 4.81. The molecule has 124 valence electrons. The summed E-state index contributed by atoms with van der Waals surface area (Å²) in [6, 6.07) is 12.9. The van der Waals surface area contributed by atoms with Crippen LogP contribution in [0.4, 0.5) is 10.1 Å². The molecule has 1 saturated heterocycles. The van der Waals surface area contributed by atoms with E-state index in [-0.39, 0.29) is 17.4 Å². The third-order valence-corrected chi connectivity index (χ3v) is 4.27. The van der Waals surface area contributed by atoms with E-state index >= 15 is 0 Å². The van der Waals surface area contributed by atoms with Gasteiger partial charge in [0.1, 0.15) is 5.82 Å². The molecule has 0 unspecified atom stereocenters. The monoisotopic (exact) mass is 346 g/mol. The van der Waals surface area contributed by atoms with E-state index in [1.807, 2.05) is 0 Å². The second-order valence-electron chi connectivity index (χ2n) is 5.74. The Morgan fingerprint density at radius 1 is 1.21 bits per heavy atom. The molecule has 4 nitrogen and oxygen atoms in total. The number of nitrogens with one attached hydrogen (secondary N) is 1. The first-order chi connectivity index (χ1) is 11.5. The Bertz CT molecular complexity index is 764. The summed E-state index contributed by atoms with van der Waals surface area (Å²) in [6.45, 7) is 0.834. The summed E-state index contributed by atoms with van der Waals surface area (Å²) in [5.74, 6) is -1.03. The molecule has 1 fully saturated rings.